The van der Waals surface area contributed by atoms with E-state index in [1.165, 1.54) is 0 Å². The molecule has 0 spiro atoms. The Bertz CT molecular complexity index is 398. The van der Waals surface area contributed by atoms with Gasteiger partial charge < -0.3 is 40.4 Å². The van der Waals surface area contributed by atoms with Gasteiger partial charge in [-0.3, -0.25) is 0 Å². The van der Waals surface area contributed by atoms with Crippen molar-refractivity contribution in [1.82, 2.24) is 0 Å². The minimum absolute atomic E-state index is 0. The number of hydrogen-bond donors (Lipinski definition) is 3. The second-order valence-corrected chi connectivity index (χ2v) is 7.14. The first-order valence-electron chi connectivity index (χ1n) is 8.38. The molecule has 10 heteroatoms. The zero-order valence-corrected chi connectivity index (χ0v) is 15.8. The Hall–Kier alpha value is 0.810. The zero-order valence-electron chi connectivity index (χ0n) is 16.8. The van der Waals surface area contributed by atoms with Crippen LogP contribution < -0.4 is 18.9 Å². The van der Waals surface area contributed by atoms with Crippen LogP contribution in [0.15, 0.2) is 0 Å². The van der Waals surface area contributed by atoms with Crippen molar-refractivity contribution in [1.29, 1.82) is 0 Å². The van der Waals surface area contributed by atoms with Crippen LogP contribution in [-0.4, -0.2) is 94.8 Å². The molecule has 3 heterocycles. The van der Waals surface area contributed by atoms with Gasteiger partial charge >= 0.3 is 18.9 Å². The number of aliphatic hydroxyl groups is 3. The van der Waals surface area contributed by atoms with Crippen LogP contribution in [0.25, 0.3) is 0 Å². The smallest absolute Gasteiger partial charge is 1.00 e. The van der Waals surface area contributed by atoms with Crippen LogP contribution in [-0.2, 0) is 23.7 Å². The topological polar surface area (TPSA) is 107 Å². The predicted molar refractivity (Wildman–Crippen MR) is 94.1 cm³/mol. The van der Waals surface area contributed by atoms with Crippen LogP contribution in [0.1, 0.15) is 42.0 Å². The Labute approximate surface area is 179 Å². The zero-order chi connectivity index (χ0) is 18.0. The van der Waals surface area contributed by atoms with Gasteiger partial charge in [-0.05, 0) is 34.1 Å². The Morgan fingerprint density at radius 3 is 2.04 bits per heavy atom. The molecule has 3 N–H and O–H groups in total. The minimum atomic E-state index is -0.691. The average Bonchev–Trinajstić information content (AvgIpc) is 2.93. The summed E-state index contributed by atoms with van der Waals surface area (Å²) >= 11 is 0. The van der Waals surface area contributed by atoms with E-state index in [0.29, 0.717) is 19.4 Å². The predicted octanol–water partition coefficient (Wildman–Crippen LogP) is -3.94. The Morgan fingerprint density at radius 2 is 1.46 bits per heavy atom. The molecule has 0 amide bonds. The number of aliphatic hydroxyl groups excluding tert-OH is 3. The van der Waals surface area contributed by atoms with Gasteiger partial charge in [0.1, 0.15) is 12.2 Å². The Balaban J connectivity index is 0. The van der Waals surface area contributed by atoms with Gasteiger partial charge in [-0.1, -0.05) is 0 Å². The van der Waals surface area contributed by atoms with E-state index >= 15 is 0 Å². The van der Waals surface area contributed by atoms with Crippen LogP contribution in [0.2, 0.25) is 0 Å². The molecule has 0 aromatic rings. The number of ether oxygens (including phenoxy) is 5. The van der Waals surface area contributed by atoms with E-state index < -0.39 is 17.9 Å². The molecule has 3 aliphatic heterocycles. The summed E-state index contributed by atoms with van der Waals surface area (Å²) in [4.78, 5) is 0. The summed E-state index contributed by atoms with van der Waals surface area (Å²) in [5.41, 5.74) is 0. The Morgan fingerprint density at radius 1 is 0.923 bits per heavy atom. The van der Waals surface area contributed by atoms with Crippen molar-refractivity contribution in [2.45, 2.75) is 82.8 Å². The van der Waals surface area contributed by atoms with E-state index in [0.717, 1.165) is 0 Å². The standard InChI is InChI=1S/C8H14O4.C8H16O4.Al.Li.4H/c1-8(2)11-5-3-7(9)10-4-6(5)12-8;1-8(2)11-6(3-4-9)7(5-10)12-8;;;;;;/h5-7,9H,3-4H2,1-2H3;6-7,9-10H,3-5H2,1-2H3;;;;;;/q;;;+1;;;;-1/t5-,6+,7?;6-,7+;;;;;;/m00....../s1. The fraction of sp³-hybridized carbons (Fsp3) is 1.00. The fourth-order valence-electron chi connectivity index (χ4n) is 3.16. The quantitative estimate of drug-likeness (QED) is 0.421. The molecule has 3 aliphatic rings. The normalized spacial score (nSPS) is 36.8. The van der Waals surface area contributed by atoms with Gasteiger partial charge in [0.05, 0.1) is 25.4 Å². The molecule has 3 saturated heterocycles. The summed E-state index contributed by atoms with van der Waals surface area (Å²) in [6, 6.07) is 0. The van der Waals surface area contributed by atoms with Crippen LogP contribution >= 0.6 is 0 Å². The van der Waals surface area contributed by atoms with Crippen molar-refractivity contribution < 1.29 is 59.3 Å². The second-order valence-electron chi connectivity index (χ2n) is 7.14. The van der Waals surface area contributed by atoms with Gasteiger partial charge in [-0.25, -0.2) is 0 Å². The molecule has 5 atom stereocenters. The SMILES string of the molecule is CC1(C)O[C@@H](CCO)[C@@H](CO)O1.CC1(C)O[C@H]2CC(O)OC[C@H]2O1.[AlH3].[H-].[Li+]. The van der Waals surface area contributed by atoms with Crippen LogP contribution in [0.3, 0.4) is 0 Å². The maximum atomic E-state index is 9.17. The second kappa shape index (κ2) is 11.1. The first-order valence-corrected chi connectivity index (χ1v) is 8.38. The first-order chi connectivity index (χ1) is 11.2. The molecule has 150 valence electrons. The molecule has 26 heavy (non-hydrogen) atoms. The van der Waals surface area contributed by atoms with Gasteiger partial charge in [0.25, 0.3) is 0 Å². The van der Waals surface area contributed by atoms with E-state index in [1.54, 1.807) is 13.8 Å². The van der Waals surface area contributed by atoms with Gasteiger partial charge in [0.15, 0.2) is 35.2 Å². The third-order valence-electron chi connectivity index (χ3n) is 4.05. The number of hydrogen-bond acceptors (Lipinski definition) is 8. The van der Waals surface area contributed by atoms with Crippen molar-refractivity contribution in [3.05, 3.63) is 0 Å². The molecule has 3 fully saturated rings. The summed E-state index contributed by atoms with van der Waals surface area (Å²) < 4.78 is 27.0. The summed E-state index contributed by atoms with van der Waals surface area (Å²) in [6.07, 6.45) is -0.180. The maximum Gasteiger partial charge on any atom is 1.00 e. The molecule has 3 rings (SSSR count). The van der Waals surface area contributed by atoms with Crippen LogP contribution in [0.4, 0.5) is 0 Å². The average molecular weight is 388 g/mol. The molecule has 0 bridgehead atoms. The van der Waals surface area contributed by atoms with Gasteiger partial charge in [-0.2, -0.15) is 0 Å². The van der Waals surface area contributed by atoms with E-state index in [2.05, 4.69) is 0 Å². The van der Waals surface area contributed by atoms with E-state index in [-0.39, 0.29) is 75.3 Å². The Kier molecular flexibility index (Phi) is 11.5. The summed E-state index contributed by atoms with van der Waals surface area (Å²) in [5.74, 6) is -1.16. The van der Waals surface area contributed by atoms with E-state index in [1.807, 2.05) is 13.8 Å². The molecule has 0 aliphatic carbocycles. The molecular formula is C16H34AlLiO8. The molecule has 1 unspecified atom stereocenters. The largest absolute Gasteiger partial charge is 1.00 e. The van der Waals surface area contributed by atoms with Crippen molar-refractivity contribution >= 4 is 17.4 Å². The van der Waals surface area contributed by atoms with Crippen molar-refractivity contribution in [3.8, 4) is 0 Å². The van der Waals surface area contributed by atoms with Gasteiger partial charge in [-0.15, -0.1) is 0 Å². The fourth-order valence-corrected chi connectivity index (χ4v) is 3.16. The minimum Gasteiger partial charge on any atom is -1.00 e. The van der Waals surface area contributed by atoms with Crippen molar-refractivity contribution in [3.63, 3.8) is 0 Å². The van der Waals surface area contributed by atoms with Crippen LogP contribution in [0.5, 0.6) is 0 Å². The molecular weight excluding hydrogens is 354 g/mol. The monoisotopic (exact) mass is 388 g/mol. The molecule has 0 saturated carbocycles. The molecule has 0 aromatic carbocycles. The third kappa shape index (κ3) is 7.67. The van der Waals surface area contributed by atoms with E-state index in [9.17, 15) is 0 Å². The van der Waals surface area contributed by atoms with Gasteiger partial charge in [0.2, 0.25) is 0 Å². The van der Waals surface area contributed by atoms with Crippen LogP contribution in [0, 0.1) is 0 Å². The summed E-state index contributed by atoms with van der Waals surface area (Å²) in [5, 5.41) is 26.8. The molecule has 0 radical (unpaired) electrons. The number of fused-ring (bicyclic) bond motifs is 1. The maximum absolute atomic E-state index is 9.17. The first kappa shape index (κ1) is 26.8. The van der Waals surface area contributed by atoms with Gasteiger partial charge in [0, 0.05) is 13.0 Å². The van der Waals surface area contributed by atoms with E-state index in [4.69, 9.17) is 39.0 Å². The summed E-state index contributed by atoms with van der Waals surface area (Å²) in [7, 11) is 0. The number of rotatable bonds is 3. The van der Waals surface area contributed by atoms with Crippen molar-refractivity contribution in [2.24, 2.45) is 0 Å². The molecule has 0 aromatic heterocycles. The third-order valence-corrected chi connectivity index (χ3v) is 4.05. The molecule has 8 nitrogen and oxygen atoms in total. The summed E-state index contributed by atoms with van der Waals surface area (Å²) in [6.45, 7) is 7.76. The van der Waals surface area contributed by atoms with Crippen molar-refractivity contribution in [2.75, 3.05) is 19.8 Å².